The molecular weight excluding hydrogens is 382 g/mol. The number of rotatable bonds is 8. The van der Waals surface area contributed by atoms with E-state index in [1.165, 1.54) is 33.9 Å². The highest BCUT2D eigenvalue weighted by atomic mass is 32.2. The Morgan fingerprint density at radius 1 is 1.11 bits per heavy atom. The van der Waals surface area contributed by atoms with Crippen molar-refractivity contribution in [3.05, 3.63) is 47.7 Å². The first-order chi connectivity index (χ1) is 12.8. The number of thioether (sulfide) groups is 1. The standard InChI is InChI=1S/C19H25N3O3S2/c1-5-22(6-2)27(24,25)17-9-10-19(20-12-17)26-13-18(23)21-16-8-7-14(3)15(4)11-16/h7-12H,5-6,13H2,1-4H3,(H,21,23). The van der Waals surface area contributed by atoms with Crippen molar-refractivity contribution in [2.45, 2.75) is 37.6 Å². The van der Waals surface area contributed by atoms with Gasteiger partial charge in [0.2, 0.25) is 15.9 Å². The van der Waals surface area contributed by atoms with Crippen LogP contribution in [0, 0.1) is 13.8 Å². The van der Waals surface area contributed by atoms with Crippen molar-refractivity contribution in [1.82, 2.24) is 9.29 Å². The molecule has 0 aliphatic carbocycles. The van der Waals surface area contributed by atoms with Gasteiger partial charge in [0.1, 0.15) is 4.90 Å². The van der Waals surface area contributed by atoms with Crippen molar-refractivity contribution in [3.8, 4) is 0 Å². The Morgan fingerprint density at radius 3 is 2.37 bits per heavy atom. The maximum Gasteiger partial charge on any atom is 0.244 e. The molecule has 0 bridgehead atoms. The van der Waals surface area contributed by atoms with Crippen LogP contribution in [0.1, 0.15) is 25.0 Å². The monoisotopic (exact) mass is 407 g/mol. The highest BCUT2D eigenvalue weighted by Gasteiger charge is 2.21. The molecule has 0 unspecified atom stereocenters. The quantitative estimate of drug-likeness (QED) is 0.678. The summed E-state index contributed by atoms with van der Waals surface area (Å²) in [7, 11) is -3.52. The number of hydrogen-bond acceptors (Lipinski definition) is 5. The molecule has 0 aliphatic heterocycles. The van der Waals surface area contributed by atoms with Crippen LogP contribution in [0.3, 0.4) is 0 Å². The first-order valence-electron chi connectivity index (χ1n) is 8.74. The van der Waals surface area contributed by atoms with Gasteiger partial charge in [-0.25, -0.2) is 13.4 Å². The Kier molecular flexibility index (Phi) is 7.41. The van der Waals surface area contributed by atoms with Crippen LogP contribution in [-0.4, -0.2) is 42.5 Å². The van der Waals surface area contributed by atoms with E-state index in [4.69, 9.17) is 0 Å². The lowest BCUT2D eigenvalue weighted by atomic mass is 10.1. The molecule has 146 valence electrons. The zero-order chi connectivity index (χ0) is 20.0. The van der Waals surface area contributed by atoms with E-state index in [9.17, 15) is 13.2 Å². The third-order valence-corrected chi connectivity index (χ3v) is 7.17. The van der Waals surface area contributed by atoms with Gasteiger partial charge in [0.15, 0.2) is 0 Å². The number of anilines is 1. The summed E-state index contributed by atoms with van der Waals surface area (Å²) >= 11 is 1.26. The Labute approximate surface area is 165 Å². The number of sulfonamides is 1. The molecule has 8 heteroatoms. The summed E-state index contributed by atoms with van der Waals surface area (Å²) in [6, 6.07) is 8.93. The van der Waals surface area contributed by atoms with Gasteiger partial charge in [-0.2, -0.15) is 4.31 Å². The molecule has 1 aromatic carbocycles. The van der Waals surface area contributed by atoms with E-state index in [-0.39, 0.29) is 16.6 Å². The van der Waals surface area contributed by atoms with Crippen LogP contribution in [0.15, 0.2) is 46.5 Å². The van der Waals surface area contributed by atoms with Crippen LogP contribution < -0.4 is 5.32 Å². The molecule has 0 atom stereocenters. The molecule has 1 heterocycles. The largest absolute Gasteiger partial charge is 0.325 e. The zero-order valence-corrected chi connectivity index (χ0v) is 17.7. The van der Waals surface area contributed by atoms with Crippen molar-refractivity contribution in [2.24, 2.45) is 0 Å². The number of hydrogen-bond donors (Lipinski definition) is 1. The van der Waals surface area contributed by atoms with Crippen molar-refractivity contribution in [3.63, 3.8) is 0 Å². The number of pyridine rings is 1. The van der Waals surface area contributed by atoms with E-state index in [1.807, 2.05) is 32.0 Å². The van der Waals surface area contributed by atoms with Crippen LogP contribution in [-0.2, 0) is 14.8 Å². The van der Waals surface area contributed by atoms with Gasteiger partial charge < -0.3 is 5.32 Å². The number of benzene rings is 1. The van der Waals surface area contributed by atoms with E-state index >= 15 is 0 Å². The minimum atomic E-state index is -3.52. The third-order valence-electron chi connectivity index (χ3n) is 4.19. The van der Waals surface area contributed by atoms with Crippen LogP contribution >= 0.6 is 11.8 Å². The minimum absolute atomic E-state index is 0.134. The molecule has 1 N–H and O–H groups in total. The van der Waals surface area contributed by atoms with Crippen LogP contribution in [0.25, 0.3) is 0 Å². The average molecular weight is 408 g/mol. The van der Waals surface area contributed by atoms with Gasteiger partial charge >= 0.3 is 0 Å². The molecular formula is C19H25N3O3S2. The lowest BCUT2D eigenvalue weighted by Gasteiger charge is -2.18. The summed E-state index contributed by atoms with van der Waals surface area (Å²) in [6.07, 6.45) is 1.34. The average Bonchev–Trinajstić information content (AvgIpc) is 2.64. The molecule has 0 aliphatic rings. The maximum absolute atomic E-state index is 12.4. The number of nitrogens with zero attached hydrogens (tertiary/aromatic N) is 2. The van der Waals surface area contributed by atoms with Crippen molar-refractivity contribution < 1.29 is 13.2 Å². The van der Waals surface area contributed by atoms with Gasteiger partial charge in [0.25, 0.3) is 0 Å². The van der Waals surface area contributed by atoms with Crippen LogP contribution in [0.2, 0.25) is 0 Å². The molecule has 6 nitrogen and oxygen atoms in total. The summed E-state index contributed by atoms with van der Waals surface area (Å²) in [5.41, 5.74) is 3.05. The number of aryl methyl sites for hydroxylation is 2. The molecule has 0 saturated carbocycles. The first kappa shape index (κ1) is 21.4. The van der Waals surface area contributed by atoms with Gasteiger partial charge in [-0.15, -0.1) is 0 Å². The van der Waals surface area contributed by atoms with Gasteiger partial charge in [-0.3, -0.25) is 4.79 Å². The molecule has 2 aromatic rings. The Hall–Kier alpha value is -1.90. The second-order valence-electron chi connectivity index (χ2n) is 6.06. The third kappa shape index (κ3) is 5.54. The highest BCUT2D eigenvalue weighted by molar-refractivity contribution is 7.99. The predicted molar refractivity (Wildman–Crippen MR) is 110 cm³/mol. The number of nitrogens with one attached hydrogen (secondary N) is 1. The van der Waals surface area contributed by atoms with Crippen molar-refractivity contribution >= 4 is 33.4 Å². The van der Waals surface area contributed by atoms with Gasteiger partial charge in [-0.05, 0) is 49.2 Å². The Morgan fingerprint density at radius 2 is 1.81 bits per heavy atom. The van der Waals surface area contributed by atoms with Crippen LogP contribution in [0.4, 0.5) is 5.69 Å². The molecule has 0 fully saturated rings. The fourth-order valence-corrected chi connectivity index (χ4v) is 4.52. The lowest BCUT2D eigenvalue weighted by Crippen LogP contribution is -2.30. The topological polar surface area (TPSA) is 79.4 Å². The van der Waals surface area contributed by atoms with Crippen molar-refractivity contribution in [2.75, 3.05) is 24.2 Å². The number of aromatic nitrogens is 1. The Balaban J connectivity index is 1.96. The molecule has 0 spiro atoms. The fraction of sp³-hybridized carbons (Fsp3) is 0.368. The molecule has 0 saturated heterocycles. The summed E-state index contributed by atoms with van der Waals surface area (Å²) < 4.78 is 26.3. The van der Waals surface area contributed by atoms with E-state index in [0.29, 0.717) is 18.1 Å². The number of carbonyl (C=O) groups is 1. The molecule has 1 amide bonds. The van der Waals surface area contributed by atoms with Crippen LogP contribution in [0.5, 0.6) is 0 Å². The fourth-order valence-electron chi connectivity index (χ4n) is 2.47. The van der Waals surface area contributed by atoms with Crippen molar-refractivity contribution in [1.29, 1.82) is 0 Å². The van der Waals surface area contributed by atoms with E-state index in [0.717, 1.165) is 11.3 Å². The Bertz CT molecular complexity index is 893. The summed E-state index contributed by atoms with van der Waals surface area (Å²) in [4.78, 5) is 16.5. The lowest BCUT2D eigenvalue weighted by molar-refractivity contribution is -0.113. The minimum Gasteiger partial charge on any atom is -0.325 e. The molecule has 0 radical (unpaired) electrons. The second kappa shape index (κ2) is 9.34. The molecule has 1 aromatic heterocycles. The first-order valence-corrected chi connectivity index (χ1v) is 11.2. The highest BCUT2D eigenvalue weighted by Crippen LogP contribution is 2.20. The molecule has 2 rings (SSSR count). The zero-order valence-electron chi connectivity index (χ0n) is 16.0. The maximum atomic E-state index is 12.4. The summed E-state index contributed by atoms with van der Waals surface area (Å²) in [5.74, 6) is 0.0621. The van der Waals surface area contributed by atoms with E-state index < -0.39 is 10.0 Å². The van der Waals surface area contributed by atoms with E-state index in [2.05, 4.69) is 10.3 Å². The van der Waals surface area contributed by atoms with Gasteiger partial charge in [0.05, 0.1) is 10.8 Å². The normalized spacial score (nSPS) is 11.6. The molecule has 27 heavy (non-hydrogen) atoms. The second-order valence-corrected chi connectivity index (χ2v) is 8.99. The SMILES string of the molecule is CCN(CC)S(=O)(=O)c1ccc(SCC(=O)Nc2ccc(C)c(C)c2)nc1. The number of amides is 1. The summed E-state index contributed by atoms with van der Waals surface area (Å²) in [6.45, 7) is 8.44. The smallest absolute Gasteiger partial charge is 0.244 e. The van der Waals surface area contributed by atoms with E-state index in [1.54, 1.807) is 19.9 Å². The number of carbonyl (C=O) groups excluding carboxylic acids is 1. The summed E-state index contributed by atoms with van der Waals surface area (Å²) in [5, 5.41) is 3.46. The van der Waals surface area contributed by atoms with Gasteiger partial charge in [0, 0.05) is 25.0 Å². The predicted octanol–water partition coefficient (Wildman–Crippen LogP) is 3.46. The van der Waals surface area contributed by atoms with Gasteiger partial charge in [-0.1, -0.05) is 31.7 Å².